The molecule has 1 aliphatic rings. The zero-order valence-electron chi connectivity index (χ0n) is 17.8. The van der Waals surface area contributed by atoms with E-state index in [2.05, 4.69) is 5.32 Å². The molecule has 1 heterocycles. The highest BCUT2D eigenvalue weighted by molar-refractivity contribution is 8.05. The van der Waals surface area contributed by atoms with Crippen LogP contribution in [-0.4, -0.2) is 17.1 Å². The van der Waals surface area contributed by atoms with Gasteiger partial charge in [-0.05, 0) is 49.2 Å². The number of nitrogens with one attached hydrogen (secondary N) is 1. The fourth-order valence-corrected chi connectivity index (χ4v) is 5.00. The van der Waals surface area contributed by atoms with Gasteiger partial charge in [0.15, 0.2) is 0 Å². The monoisotopic (exact) mass is 473 g/mol. The Morgan fingerprint density at radius 3 is 2.39 bits per heavy atom. The molecule has 0 spiro atoms. The Balaban J connectivity index is 1.74. The summed E-state index contributed by atoms with van der Waals surface area (Å²) in [4.78, 5) is 28.0. The van der Waals surface area contributed by atoms with E-state index in [-0.39, 0.29) is 11.5 Å². The van der Waals surface area contributed by atoms with Crippen LogP contribution >= 0.6 is 23.4 Å². The number of amides is 2. The second kappa shape index (κ2) is 9.95. The highest BCUT2D eigenvalue weighted by Gasteiger charge is 2.41. The summed E-state index contributed by atoms with van der Waals surface area (Å²) in [7, 11) is 0. The fraction of sp³-hybridized carbons (Fsp3) is 0.115. The highest BCUT2D eigenvalue weighted by Crippen LogP contribution is 2.42. The van der Waals surface area contributed by atoms with E-state index in [9.17, 15) is 14.9 Å². The maximum atomic E-state index is 13.5. The molecule has 1 atom stereocenters. The van der Waals surface area contributed by atoms with Crippen molar-refractivity contribution >= 4 is 46.6 Å². The average Bonchev–Trinajstić information content (AvgIpc) is 3.12. The molecule has 3 aromatic carbocycles. The van der Waals surface area contributed by atoms with Crippen molar-refractivity contribution < 1.29 is 9.59 Å². The van der Waals surface area contributed by atoms with E-state index in [1.54, 1.807) is 30.3 Å². The van der Waals surface area contributed by atoms with Gasteiger partial charge in [-0.25, -0.2) is 0 Å². The average molecular weight is 474 g/mol. The van der Waals surface area contributed by atoms with Gasteiger partial charge in [-0.3, -0.25) is 14.5 Å². The molecule has 1 saturated heterocycles. The third-order valence-electron chi connectivity index (χ3n) is 5.19. The maximum absolute atomic E-state index is 13.5. The zero-order valence-corrected chi connectivity index (χ0v) is 19.4. The first-order chi connectivity index (χ1) is 16.0. The minimum absolute atomic E-state index is 0.112. The van der Waals surface area contributed by atoms with Crippen LogP contribution in [0, 0.1) is 18.3 Å². The number of carbonyl (C=O) groups is 2. The lowest BCUT2D eigenvalue weighted by atomic mass is 10.1. The van der Waals surface area contributed by atoms with Crippen LogP contribution in [0.25, 0.3) is 0 Å². The molecule has 33 heavy (non-hydrogen) atoms. The molecule has 0 saturated carbocycles. The Bertz CT molecular complexity index is 1270. The second-order valence-corrected chi connectivity index (χ2v) is 9.12. The lowest BCUT2D eigenvalue weighted by Crippen LogP contribution is -2.31. The van der Waals surface area contributed by atoms with Gasteiger partial charge in [-0.1, -0.05) is 77.5 Å². The van der Waals surface area contributed by atoms with Crippen molar-refractivity contribution in [1.29, 1.82) is 5.26 Å². The van der Waals surface area contributed by atoms with Crippen LogP contribution in [0.2, 0.25) is 5.02 Å². The molecular weight excluding hydrogens is 454 g/mol. The van der Waals surface area contributed by atoms with Crippen LogP contribution in [0.4, 0.5) is 11.4 Å². The third kappa shape index (κ3) is 4.95. The van der Waals surface area contributed by atoms with Gasteiger partial charge in [-0.15, -0.1) is 0 Å². The first kappa shape index (κ1) is 22.7. The van der Waals surface area contributed by atoms with Gasteiger partial charge >= 0.3 is 0 Å². The number of benzene rings is 3. The molecule has 3 aromatic rings. The Kier molecular flexibility index (Phi) is 6.83. The quantitative estimate of drug-likeness (QED) is 0.380. The number of nitriles is 1. The Morgan fingerprint density at radius 1 is 1.06 bits per heavy atom. The van der Waals surface area contributed by atoms with Crippen LogP contribution in [0.5, 0.6) is 0 Å². The standard InChI is InChI=1S/C26H20ClN3O2S/c1-17-11-13-20(14-12-17)30-25(32)23(15-18-7-5-6-10-22(18)27)33-26(30)21(16-28)24(31)29-19-8-3-2-4-9-19/h2-14,23H,15H2,1H3,(H,29,31)/b26-21+/t23-/m1/s1. The van der Waals surface area contributed by atoms with Gasteiger partial charge in [0, 0.05) is 16.4 Å². The minimum Gasteiger partial charge on any atom is -0.321 e. The number of nitrogens with zero attached hydrogens (tertiary/aromatic N) is 2. The molecule has 7 heteroatoms. The molecule has 1 fully saturated rings. The molecule has 1 aliphatic heterocycles. The minimum atomic E-state index is -0.561. The number of hydrogen-bond acceptors (Lipinski definition) is 4. The number of carbonyl (C=O) groups excluding carboxylic acids is 2. The van der Waals surface area contributed by atoms with E-state index >= 15 is 0 Å². The summed E-state index contributed by atoms with van der Waals surface area (Å²) in [5, 5.41) is 13.0. The summed E-state index contributed by atoms with van der Waals surface area (Å²) in [5.41, 5.74) is 2.94. The number of thioether (sulfide) groups is 1. The van der Waals surface area contributed by atoms with E-state index < -0.39 is 11.2 Å². The van der Waals surface area contributed by atoms with Crippen molar-refractivity contribution in [1.82, 2.24) is 0 Å². The van der Waals surface area contributed by atoms with E-state index in [4.69, 9.17) is 11.6 Å². The number of aryl methyl sites for hydroxylation is 1. The summed E-state index contributed by atoms with van der Waals surface area (Å²) in [5.74, 6) is -0.756. The van der Waals surface area contributed by atoms with Gasteiger partial charge in [0.25, 0.3) is 5.91 Å². The molecule has 0 aromatic heterocycles. The molecule has 0 unspecified atom stereocenters. The summed E-state index contributed by atoms with van der Waals surface area (Å²) >= 11 is 7.54. The van der Waals surface area contributed by atoms with Crippen LogP contribution in [0.3, 0.4) is 0 Å². The fourth-order valence-electron chi connectivity index (χ4n) is 3.49. The zero-order chi connectivity index (χ0) is 23.4. The molecule has 0 aliphatic carbocycles. The molecule has 164 valence electrons. The van der Waals surface area contributed by atoms with Gasteiger partial charge < -0.3 is 5.32 Å². The topological polar surface area (TPSA) is 73.2 Å². The molecule has 0 radical (unpaired) electrons. The summed E-state index contributed by atoms with van der Waals surface area (Å²) < 4.78 is 0. The summed E-state index contributed by atoms with van der Waals surface area (Å²) in [6.45, 7) is 1.95. The van der Waals surface area contributed by atoms with Gasteiger partial charge in [-0.2, -0.15) is 5.26 Å². The van der Waals surface area contributed by atoms with Crippen LogP contribution < -0.4 is 10.2 Å². The van der Waals surface area contributed by atoms with Crippen LogP contribution in [0.1, 0.15) is 11.1 Å². The van der Waals surface area contributed by atoms with Crippen LogP contribution in [0.15, 0.2) is 89.5 Å². The van der Waals surface area contributed by atoms with Crippen molar-refractivity contribution in [2.45, 2.75) is 18.6 Å². The van der Waals surface area contributed by atoms with E-state index in [0.29, 0.717) is 27.8 Å². The van der Waals surface area contributed by atoms with Gasteiger partial charge in [0.05, 0.1) is 5.25 Å². The van der Waals surface area contributed by atoms with Crippen molar-refractivity contribution in [3.8, 4) is 6.07 Å². The van der Waals surface area contributed by atoms with Crippen molar-refractivity contribution in [3.05, 3.63) is 106 Å². The van der Waals surface area contributed by atoms with Crippen LogP contribution in [-0.2, 0) is 16.0 Å². The maximum Gasteiger partial charge on any atom is 0.269 e. The number of hydrogen-bond donors (Lipinski definition) is 1. The molecule has 2 amide bonds. The lowest BCUT2D eigenvalue weighted by Gasteiger charge is -2.19. The van der Waals surface area contributed by atoms with E-state index in [1.165, 1.54) is 16.7 Å². The molecule has 0 bridgehead atoms. The Morgan fingerprint density at radius 2 is 1.73 bits per heavy atom. The van der Waals surface area contributed by atoms with Crippen molar-refractivity contribution in [2.24, 2.45) is 0 Å². The Hall–Kier alpha value is -3.53. The lowest BCUT2D eigenvalue weighted by molar-refractivity contribution is -0.117. The molecule has 1 N–H and O–H groups in total. The number of para-hydroxylation sites is 1. The number of anilines is 2. The molecular formula is C26H20ClN3O2S. The van der Waals surface area contributed by atoms with Gasteiger partial charge in [0.2, 0.25) is 5.91 Å². The second-order valence-electron chi connectivity index (χ2n) is 7.52. The van der Waals surface area contributed by atoms with Crippen molar-refractivity contribution in [3.63, 3.8) is 0 Å². The first-order valence-electron chi connectivity index (χ1n) is 10.3. The molecule has 4 rings (SSSR count). The smallest absolute Gasteiger partial charge is 0.269 e. The summed E-state index contributed by atoms with van der Waals surface area (Å²) in [6, 6.07) is 25.7. The van der Waals surface area contributed by atoms with Crippen molar-refractivity contribution in [2.75, 3.05) is 10.2 Å². The molecule has 5 nitrogen and oxygen atoms in total. The predicted octanol–water partition coefficient (Wildman–Crippen LogP) is 5.71. The largest absolute Gasteiger partial charge is 0.321 e. The SMILES string of the molecule is Cc1ccc(N2C(=O)[C@@H](Cc3ccccc3Cl)S/C2=C(\C#N)C(=O)Nc2ccccc2)cc1. The normalized spacial score (nSPS) is 16.9. The third-order valence-corrected chi connectivity index (χ3v) is 6.82. The van der Waals surface area contributed by atoms with E-state index in [0.717, 1.165) is 11.1 Å². The van der Waals surface area contributed by atoms with E-state index in [1.807, 2.05) is 61.5 Å². The summed E-state index contributed by atoms with van der Waals surface area (Å²) in [6.07, 6.45) is 0.383. The Labute approximate surface area is 201 Å². The first-order valence-corrected chi connectivity index (χ1v) is 11.5. The van der Waals surface area contributed by atoms with Gasteiger partial charge in [0.1, 0.15) is 16.7 Å². The number of rotatable bonds is 5. The number of halogens is 1. The highest BCUT2D eigenvalue weighted by atomic mass is 35.5. The predicted molar refractivity (Wildman–Crippen MR) is 133 cm³/mol.